The average Bonchev–Trinajstić information content (AvgIpc) is 2.98. The van der Waals surface area contributed by atoms with Crippen molar-refractivity contribution in [1.82, 2.24) is 4.90 Å². The molecule has 2 aromatic rings. The maximum absolute atomic E-state index is 12.7. The van der Waals surface area contributed by atoms with E-state index in [9.17, 15) is 9.59 Å². The Morgan fingerprint density at radius 3 is 2.62 bits per heavy atom. The summed E-state index contributed by atoms with van der Waals surface area (Å²) in [6.07, 6.45) is 0. The number of benzene rings is 2. The molecule has 1 aliphatic heterocycles. The molecule has 6 nitrogen and oxygen atoms in total. The highest BCUT2D eigenvalue weighted by molar-refractivity contribution is 6.00. The number of carbonyl (C=O) groups is 2. The first-order chi connectivity index (χ1) is 12.5. The number of hydrogen-bond donors (Lipinski definition) is 1. The number of rotatable bonds is 5. The number of methoxy groups -OCH3 is 1. The second-order valence-electron chi connectivity index (χ2n) is 6.37. The molecule has 0 atom stereocenters. The van der Waals surface area contributed by atoms with E-state index in [0.29, 0.717) is 18.8 Å². The highest BCUT2D eigenvalue weighted by atomic mass is 16.5. The minimum Gasteiger partial charge on any atom is -0.495 e. The lowest BCUT2D eigenvalue weighted by Gasteiger charge is -2.20. The van der Waals surface area contributed by atoms with Crippen LogP contribution in [0.25, 0.3) is 0 Å². The Hall–Kier alpha value is -3.02. The molecule has 1 aliphatic rings. The number of urea groups is 1. The summed E-state index contributed by atoms with van der Waals surface area (Å²) in [5, 5.41) is 2.86. The van der Waals surface area contributed by atoms with Crippen molar-refractivity contribution in [3.63, 3.8) is 0 Å². The summed E-state index contributed by atoms with van der Waals surface area (Å²) in [6.45, 7) is 5.07. The maximum atomic E-state index is 12.7. The fraction of sp³-hybridized carbons (Fsp3) is 0.300. The number of hydrogen-bond acceptors (Lipinski definition) is 3. The van der Waals surface area contributed by atoms with E-state index in [1.807, 2.05) is 56.3 Å². The fourth-order valence-corrected chi connectivity index (χ4v) is 3.00. The van der Waals surface area contributed by atoms with Gasteiger partial charge in [0.1, 0.15) is 12.3 Å². The highest BCUT2D eigenvalue weighted by Crippen LogP contribution is 2.30. The molecule has 1 N–H and O–H groups in total. The summed E-state index contributed by atoms with van der Waals surface area (Å²) in [5.74, 6) is 0.436. The molecule has 136 valence electrons. The van der Waals surface area contributed by atoms with Gasteiger partial charge >= 0.3 is 6.03 Å². The topological polar surface area (TPSA) is 61.9 Å². The van der Waals surface area contributed by atoms with Crippen LogP contribution in [0.3, 0.4) is 0 Å². The first-order valence-electron chi connectivity index (χ1n) is 8.56. The Kier molecular flexibility index (Phi) is 5.11. The highest BCUT2D eigenvalue weighted by Gasteiger charge is 2.32. The second kappa shape index (κ2) is 7.47. The van der Waals surface area contributed by atoms with Gasteiger partial charge in [-0.2, -0.15) is 0 Å². The number of nitrogens with one attached hydrogen (secondary N) is 1. The van der Waals surface area contributed by atoms with Gasteiger partial charge in [0, 0.05) is 18.8 Å². The van der Waals surface area contributed by atoms with Gasteiger partial charge < -0.3 is 15.0 Å². The van der Waals surface area contributed by atoms with E-state index in [1.165, 1.54) is 5.56 Å². The van der Waals surface area contributed by atoms with Crippen LogP contribution in [0.2, 0.25) is 0 Å². The number of amides is 3. The zero-order valence-corrected chi connectivity index (χ0v) is 15.3. The van der Waals surface area contributed by atoms with Gasteiger partial charge in [0.05, 0.1) is 12.8 Å². The second-order valence-corrected chi connectivity index (χ2v) is 6.37. The van der Waals surface area contributed by atoms with Crippen molar-refractivity contribution in [3.8, 4) is 5.75 Å². The van der Waals surface area contributed by atoms with Crippen LogP contribution >= 0.6 is 0 Å². The molecule has 26 heavy (non-hydrogen) atoms. The Labute approximate surface area is 153 Å². The Balaban J connectivity index is 1.65. The minimum atomic E-state index is -0.205. The summed E-state index contributed by atoms with van der Waals surface area (Å²) in [6, 6.07) is 13.0. The lowest BCUT2D eigenvalue weighted by atomic mass is 10.1. The number of anilines is 2. The third-order valence-corrected chi connectivity index (χ3v) is 4.60. The molecule has 0 spiro atoms. The summed E-state index contributed by atoms with van der Waals surface area (Å²) >= 11 is 0. The van der Waals surface area contributed by atoms with Crippen LogP contribution in [-0.2, 0) is 4.79 Å². The van der Waals surface area contributed by atoms with Crippen LogP contribution in [-0.4, -0.2) is 43.6 Å². The minimum absolute atomic E-state index is 0.0252. The molecule has 1 fully saturated rings. The molecular formula is C20H23N3O3. The fourth-order valence-electron chi connectivity index (χ4n) is 3.00. The van der Waals surface area contributed by atoms with E-state index >= 15 is 0 Å². The first-order valence-corrected chi connectivity index (χ1v) is 8.56. The predicted molar refractivity (Wildman–Crippen MR) is 102 cm³/mol. The molecule has 0 aromatic heterocycles. The van der Waals surface area contributed by atoms with Gasteiger partial charge in [-0.25, -0.2) is 4.79 Å². The van der Waals surface area contributed by atoms with E-state index in [-0.39, 0.29) is 18.5 Å². The van der Waals surface area contributed by atoms with Crippen molar-refractivity contribution in [3.05, 3.63) is 53.6 Å². The van der Waals surface area contributed by atoms with Crippen molar-refractivity contribution < 1.29 is 14.3 Å². The monoisotopic (exact) mass is 353 g/mol. The number of ether oxygens (including phenoxy) is 1. The van der Waals surface area contributed by atoms with Crippen LogP contribution in [0.1, 0.15) is 11.1 Å². The van der Waals surface area contributed by atoms with Crippen molar-refractivity contribution in [2.75, 3.05) is 37.0 Å². The third kappa shape index (κ3) is 3.64. The van der Waals surface area contributed by atoms with Crippen LogP contribution in [0, 0.1) is 13.8 Å². The number of aryl methyl sites for hydroxylation is 2. The summed E-state index contributed by atoms with van der Waals surface area (Å²) in [4.78, 5) is 28.2. The van der Waals surface area contributed by atoms with Gasteiger partial charge in [-0.1, -0.05) is 18.2 Å². The van der Waals surface area contributed by atoms with Gasteiger partial charge in [0.15, 0.2) is 0 Å². The van der Waals surface area contributed by atoms with Gasteiger partial charge in [-0.05, 0) is 49.2 Å². The van der Waals surface area contributed by atoms with Gasteiger partial charge in [0.25, 0.3) is 0 Å². The first kappa shape index (κ1) is 17.8. The molecule has 0 bridgehead atoms. The third-order valence-electron chi connectivity index (χ3n) is 4.60. The standard InChI is InChI=1S/C20H23N3O3/c1-14-8-9-16(12-15(14)2)21-19(24)13-22-10-11-23(20(22)25)17-6-4-5-7-18(17)26-3/h4-9,12H,10-11,13H2,1-3H3,(H,21,24). The van der Waals surface area contributed by atoms with Crippen molar-refractivity contribution in [1.29, 1.82) is 0 Å². The van der Waals surface area contributed by atoms with Crippen molar-refractivity contribution >= 4 is 23.3 Å². The van der Waals surface area contributed by atoms with E-state index in [4.69, 9.17) is 4.74 Å². The largest absolute Gasteiger partial charge is 0.495 e. The van der Waals surface area contributed by atoms with Crippen LogP contribution in [0.4, 0.5) is 16.2 Å². The average molecular weight is 353 g/mol. The number of para-hydroxylation sites is 2. The molecule has 0 radical (unpaired) electrons. The lowest BCUT2D eigenvalue weighted by Crippen LogP contribution is -2.37. The lowest BCUT2D eigenvalue weighted by molar-refractivity contribution is -0.116. The van der Waals surface area contributed by atoms with E-state index in [1.54, 1.807) is 16.9 Å². The van der Waals surface area contributed by atoms with Gasteiger partial charge in [0.2, 0.25) is 5.91 Å². The Morgan fingerprint density at radius 2 is 1.88 bits per heavy atom. The number of carbonyl (C=O) groups excluding carboxylic acids is 2. The Bertz CT molecular complexity index is 835. The SMILES string of the molecule is COc1ccccc1N1CCN(CC(=O)Nc2ccc(C)c(C)c2)C1=O. The zero-order chi connectivity index (χ0) is 18.7. The van der Waals surface area contributed by atoms with Crippen molar-refractivity contribution in [2.45, 2.75) is 13.8 Å². The molecule has 0 unspecified atom stereocenters. The normalized spacial score (nSPS) is 13.9. The number of nitrogens with zero attached hydrogens (tertiary/aromatic N) is 2. The summed E-state index contributed by atoms with van der Waals surface area (Å²) in [5.41, 5.74) is 3.75. The van der Waals surface area contributed by atoms with Crippen molar-refractivity contribution in [2.24, 2.45) is 0 Å². The smallest absolute Gasteiger partial charge is 0.325 e. The summed E-state index contributed by atoms with van der Waals surface area (Å²) < 4.78 is 5.33. The quantitative estimate of drug-likeness (QED) is 0.898. The molecule has 0 saturated carbocycles. The van der Waals surface area contributed by atoms with Gasteiger partial charge in [-0.3, -0.25) is 9.69 Å². The predicted octanol–water partition coefficient (Wildman–Crippen LogP) is 3.19. The van der Waals surface area contributed by atoms with E-state index < -0.39 is 0 Å². The van der Waals surface area contributed by atoms with Crippen LogP contribution in [0.15, 0.2) is 42.5 Å². The maximum Gasteiger partial charge on any atom is 0.325 e. The molecule has 0 aliphatic carbocycles. The van der Waals surface area contributed by atoms with Crippen LogP contribution < -0.4 is 15.0 Å². The van der Waals surface area contributed by atoms with Gasteiger partial charge in [-0.15, -0.1) is 0 Å². The van der Waals surface area contributed by atoms with E-state index in [0.717, 1.165) is 16.9 Å². The molecule has 6 heteroatoms. The molecule has 1 saturated heterocycles. The van der Waals surface area contributed by atoms with Crippen LogP contribution in [0.5, 0.6) is 5.75 Å². The molecular weight excluding hydrogens is 330 g/mol. The molecule has 3 amide bonds. The molecule has 1 heterocycles. The van der Waals surface area contributed by atoms with E-state index in [2.05, 4.69) is 5.32 Å². The Morgan fingerprint density at radius 1 is 1.12 bits per heavy atom. The zero-order valence-electron chi connectivity index (χ0n) is 15.3. The molecule has 3 rings (SSSR count). The molecule has 2 aromatic carbocycles. The summed E-state index contributed by atoms with van der Waals surface area (Å²) in [7, 11) is 1.58.